The number of hydrogen-bond acceptors (Lipinski definition) is 3. The maximum atomic E-state index is 11.6. The molecular formula is C13H21N3O. The zero-order valence-corrected chi connectivity index (χ0v) is 10.7. The lowest BCUT2D eigenvalue weighted by Crippen LogP contribution is -2.32. The normalized spacial score (nSPS) is 10.9. The van der Waals surface area contributed by atoms with Gasteiger partial charge in [0.1, 0.15) is 0 Å². The van der Waals surface area contributed by atoms with E-state index in [0.717, 1.165) is 18.7 Å². The highest BCUT2D eigenvalue weighted by molar-refractivity contribution is 5.95. The van der Waals surface area contributed by atoms with Crippen molar-refractivity contribution in [1.82, 2.24) is 10.3 Å². The Morgan fingerprint density at radius 2 is 2.06 bits per heavy atom. The van der Waals surface area contributed by atoms with Gasteiger partial charge < -0.3 is 4.90 Å². The van der Waals surface area contributed by atoms with E-state index < -0.39 is 0 Å². The Hall–Kier alpha value is -1.39. The molecule has 1 amide bonds. The predicted octanol–water partition coefficient (Wildman–Crippen LogP) is 1.38. The van der Waals surface area contributed by atoms with E-state index in [1.807, 2.05) is 18.2 Å². The van der Waals surface area contributed by atoms with Gasteiger partial charge in [0, 0.05) is 18.7 Å². The summed E-state index contributed by atoms with van der Waals surface area (Å²) >= 11 is 0. The van der Waals surface area contributed by atoms with Gasteiger partial charge in [0.25, 0.3) is 5.91 Å². The van der Waals surface area contributed by atoms with Gasteiger partial charge >= 0.3 is 0 Å². The Labute approximate surface area is 103 Å². The number of carbonyl (C=O) groups is 1. The summed E-state index contributed by atoms with van der Waals surface area (Å²) in [4.78, 5) is 13.8. The highest BCUT2D eigenvalue weighted by Gasteiger charge is 2.11. The van der Waals surface area contributed by atoms with E-state index in [2.05, 4.69) is 31.2 Å². The second-order valence-electron chi connectivity index (χ2n) is 4.72. The van der Waals surface area contributed by atoms with E-state index in [0.29, 0.717) is 11.5 Å². The maximum absolute atomic E-state index is 11.6. The molecule has 0 aliphatic rings. The van der Waals surface area contributed by atoms with Crippen LogP contribution in [0.4, 0.5) is 0 Å². The number of rotatable bonds is 5. The maximum Gasteiger partial charge on any atom is 0.265 e. The zero-order valence-electron chi connectivity index (χ0n) is 10.7. The lowest BCUT2D eigenvalue weighted by atomic mass is 10.1. The molecule has 3 N–H and O–H groups in total. The molecule has 0 unspecified atom stereocenters. The van der Waals surface area contributed by atoms with E-state index in [1.54, 1.807) is 6.07 Å². The summed E-state index contributed by atoms with van der Waals surface area (Å²) in [7, 11) is 2.05. The van der Waals surface area contributed by atoms with Crippen molar-refractivity contribution in [3.8, 4) is 0 Å². The molecule has 0 saturated heterocycles. The van der Waals surface area contributed by atoms with Crippen molar-refractivity contribution in [3.63, 3.8) is 0 Å². The number of nitrogens with zero attached hydrogens (tertiary/aromatic N) is 1. The van der Waals surface area contributed by atoms with Gasteiger partial charge in [0.2, 0.25) is 0 Å². The number of nitrogen functional groups attached to an aromatic ring is 1. The fraction of sp³-hybridized carbons (Fsp3) is 0.462. The summed E-state index contributed by atoms with van der Waals surface area (Å²) in [6.45, 7) is 6.10. The van der Waals surface area contributed by atoms with Crippen LogP contribution < -0.4 is 11.3 Å². The van der Waals surface area contributed by atoms with Gasteiger partial charge in [0.05, 0.1) is 0 Å². The van der Waals surface area contributed by atoms with E-state index >= 15 is 0 Å². The van der Waals surface area contributed by atoms with E-state index in [9.17, 15) is 4.79 Å². The molecule has 94 valence electrons. The quantitative estimate of drug-likeness (QED) is 0.460. The van der Waals surface area contributed by atoms with Gasteiger partial charge in [-0.3, -0.25) is 10.2 Å². The Morgan fingerprint density at radius 1 is 1.41 bits per heavy atom. The molecule has 4 heteroatoms. The van der Waals surface area contributed by atoms with Crippen LogP contribution in [0.25, 0.3) is 0 Å². The summed E-state index contributed by atoms with van der Waals surface area (Å²) in [6.07, 6.45) is 0. The van der Waals surface area contributed by atoms with Gasteiger partial charge in [-0.2, -0.15) is 0 Å². The van der Waals surface area contributed by atoms with Gasteiger partial charge in [0.15, 0.2) is 0 Å². The number of amides is 1. The second kappa shape index (κ2) is 6.37. The predicted molar refractivity (Wildman–Crippen MR) is 69.3 cm³/mol. The molecule has 0 radical (unpaired) electrons. The minimum absolute atomic E-state index is 0.237. The van der Waals surface area contributed by atoms with Crippen molar-refractivity contribution >= 4 is 5.91 Å². The fourth-order valence-corrected chi connectivity index (χ4v) is 1.94. The smallest absolute Gasteiger partial charge is 0.265 e. The molecule has 0 aliphatic heterocycles. The Kier molecular flexibility index (Phi) is 5.12. The summed E-state index contributed by atoms with van der Waals surface area (Å²) < 4.78 is 0. The van der Waals surface area contributed by atoms with Crippen molar-refractivity contribution in [2.75, 3.05) is 13.6 Å². The first-order chi connectivity index (χ1) is 8.04. The third-order valence-corrected chi connectivity index (χ3v) is 2.51. The minimum Gasteiger partial charge on any atom is -0.302 e. The van der Waals surface area contributed by atoms with Crippen LogP contribution in [0, 0.1) is 5.92 Å². The standard InChI is InChI=1S/C13H21N3O/c1-10(2)8-16(3)9-11-6-4-5-7-12(11)13(17)15-14/h4-7,10H,8-9,14H2,1-3H3,(H,15,17). The molecule has 0 bridgehead atoms. The Balaban J connectivity index is 2.80. The van der Waals surface area contributed by atoms with Crippen LogP contribution in [0.3, 0.4) is 0 Å². The number of carbonyl (C=O) groups excluding carboxylic acids is 1. The first-order valence-electron chi connectivity index (χ1n) is 5.82. The van der Waals surface area contributed by atoms with Crippen LogP contribution in [0.1, 0.15) is 29.8 Å². The number of benzene rings is 1. The molecule has 0 aliphatic carbocycles. The first kappa shape index (κ1) is 13.7. The number of hydrogen-bond donors (Lipinski definition) is 2. The van der Waals surface area contributed by atoms with E-state index in [-0.39, 0.29) is 5.91 Å². The van der Waals surface area contributed by atoms with Crippen molar-refractivity contribution in [2.45, 2.75) is 20.4 Å². The average Bonchev–Trinajstić information content (AvgIpc) is 2.27. The molecule has 0 saturated carbocycles. The molecule has 1 aromatic carbocycles. The number of hydrazine groups is 1. The van der Waals surface area contributed by atoms with E-state index in [4.69, 9.17) is 5.84 Å². The minimum atomic E-state index is -0.237. The van der Waals surface area contributed by atoms with Crippen molar-refractivity contribution in [2.24, 2.45) is 11.8 Å². The Bertz CT molecular complexity index is 377. The molecule has 0 fully saturated rings. The summed E-state index contributed by atoms with van der Waals surface area (Å²) in [5, 5.41) is 0. The summed E-state index contributed by atoms with van der Waals surface area (Å²) in [5.41, 5.74) is 3.82. The Morgan fingerprint density at radius 3 is 2.65 bits per heavy atom. The molecule has 1 rings (SSSR count). The zero-order chi connectivity index (χ0) is 12.8. The van der Waals surface area contributed by atoms with Gasteiger partial charge in [-0.15, -0.1) is 0 Å². The third-order valence-electron chi connectivity index (χ3n) is 2.51. The molecule has 4 nitrogen and oxygen atoms in total. The largest absolute Gasteiger partial charge is 0.302 e. The SMILES string of the molecule is CC(C)CN(C)Cc1ccccc1C(=O)NN. The van der Waals surface area contributed by atoms with Crippen molar-refractivity contribution in [3.05, 3.63) is 35.4 Å². The molecule has 0 atom stereocenters. The topological polar surface area (TPSA) is 58.4 Å². The average molecular weight is 235 g/mol. The van der Waals surface area contributed by atoms with Crippen LogP contribution >= 0.6 is 0 Å². The van der Waals surface area contributed by atoms with Crippen LogP contribution in [0.15, 0.2) is 24.3 Å². The van der Waals surface area contributed by atoms with Crippen LogP contribution in [-0.2, 0) is 6.54 Å². The van der Waals surface area contributed by atoms with Gasteiger partial charge in [-0.05, 0) is 24.6 Å². The van der Waals surface area contributed by atoms with Gasteiger partial charge in [-0.25, -0.2) is 5.84 Å². The lowest BCUT2D eigenvalue weighted by molar-refractivity contribution is 0.0952. The molecule has 1 aromatic rings. The summed E-state index contributed by atoms with van der Waals surface area (Å²) in [5.74, 6) is 5.54. The molecule has 0 spiro atoms. The third kappa shape index (κ3) is 4.17. The number of nitrogens with two attached hydrogens (primary N) is 1. The fourth-order valence-electron chi connectivity index (χ4n) is 1.94. The van der Waals surface area contributed by atoms with Crippen LogP contribution in [0.2, 0.25) is 0 Å². The first-order valence-corrected chi connectivity index (χ1v) is 5.82. The van der Waals surface area contributed by atoms with Crippen molar-refractivity contribution in [1.29, 1.82) is 0 Å². The molecular weight excluding hydrogens is 214 g/mol. The second-order valence-corrected chi connectivity index (χ2v) is 4.72. The highest BCUT2D eigenvalue weighted by atomic mass is 16.2. The monoisotopic (exact) mass is 235 g/mol. The lowest BCUT2D eigenvalue weighted by Gasteiger charge is -2.20. The number of nitrogens with one attached hydrogen (secondary N) is 1. The van der Waals surface area contributed by atoms with Crippen LogP contribution in [0.5, 0.6) is 0 Å². The van der Waals surface area contributed by atoms with Crippen molar-refractivity contribution < 1.29 is 4.79 Å². The summed E-state index contributed by atoms with van der Waals surface area (Å²) in [6, 6.07) is 7.53. The molecule has 0 heterocycles. The van der Waals surface area contributed by atoms with E-state index in [1.165, 1.54) is 0 Å². The molecule has 0 aromatic heterocycles. The van der Waals surface area contributed by atoms with Gasteiger partial charge in [-0.1, -0.05) is 32.0 Å². The molecule has 17 heavy (non-hydrogen) atoms. The highest BCUT2D eigenvalue weighted by Crippen LogP contribution is 2.11. The van der Waals surface area contributed by atoms with Crippen LogP contribution in [-0.4, -0.2) is 24.4 Å².